The average Bonchev–Trinajstić information content (AvgIpc) is 2.46. The summed E-state index contributed by atoms with van der Waals surface area (Å²) in [5, 5.41) is 3.24. The number of piperidine rings is 1. The first-order valence-electron chi connectivity index (χ1n) is 6.88. The van der Waals surface area contributed by atoms with Gasteiger partial charge in [-0.1, -0.05) is 12.1 Å². The summed E-state index contributed by atoms with van der Waals surface area (Å²) in [5.41, 5.74) is 0.966. The lowest BCUT2D eigenvalue weighted by Gasteiger charge is -2.21. The molecule has 4 heteroatoms. The Balaban J connectivity index is 1.83. The molecule has 0 unspecified atom stereocenters. The zero-order valence-corrected chi connectivity index (χ0v) is 11.4. The normalized spacial score (nSPS) is 16.1. The minimum atomic E-state index is -0.0803. The Bertz CT molecular complexity index is 414. The molecule has 0 amide bonds. The lowest BCUT2D eigenvalue weighted by atomic mass is 9.98. The number of hydrogen-bond acceptors (Lipinski definition) is 4. The van der Waals surface area contributed by atoms with Crippen LogP contribution < -0.4 is 10.1 Å². The molecule has 0 spiro atoms. The Morgan fingerprint density at radius 2 is 2.16 bits per heavy atom. The van der Waals surface area contributed by atoms with Crippen molar-refractivity contribution in [2.75, 3.05) is 19.7 Å². The van der Waals surface area contributed by atoms with Crippen molar-refractivity contribution in [3.05, 3.63) is 29.8 Å². The summed E-state index contributed by atoms with van der Waals surface area (Å²) in [6, 6.07) is 7.68. The Morgan fingerprint density at radius 3 is 2.89 bits per heavy atom. The summed E-state index contributed by atoms with van der Waals surface area (Å²) in [6.07, 6.45) is 1.75. The zero-order valence-electron chi connectivity index (χ0n) is 11.4. The average molecular weight is 263 g/mol. The molecule has 1 aromatic carbocycles. The molecule has 19 heavy (non-hydrogen) atoms. The van der Waals surface area contributed by atoms with Crippen LogP contribution >= 0.6 is 0 Å². The van der Waals surface area contributed by atoms with Crippen molar-refractivity contribution in [1.29, 1.82) is 0 Å². The van der Waals surface area contributed by atoms with Crippen LogP contribution in [0.4, 0.5) is 0 Å². The largest absolute Gasteiger partial charge is 0.494 e. The highest BCUT2D eigenvalue weighted by Gasteiger charge is 2.22. The highest BCUT2D eigenvalue weighted by atomic mass is 16.5. The summed E-state index contributed by atoms with van der Waals surface area (Å²) < 4.78 is 10.8. The maximum absolute atomic E-state index is 11.9. The third-order valence-corrected chi connectivity index (χ3v) is 3.26. The molecule has 104 valence electrons. The predicted molar refractivity (Wildman–Crippen MR) is 73.0 cm³/mol. The number of nitrogens with one attached hydrogen (secondary N) is 1. The molecule has 1 N–H and O–H groups in total. The third kappa shape index (κ3) is 4.24. The molecule has 4 nitrogen and oxygen atoms in total. The fourth-order valence-corrected chi connectivity index (χ4v) is 2.22. The van der Waals surface area contributed by atoms with Crippen LogP contribution in [0.1, 0.15) is 25.3 Å². The molecule has 1 heterocycles. The molecule has 0 atom stereocenters. The highest BCUT2D eigenvalue weighted by Crippen LogP contribution is 2.17. The van der Waals surface area contributed by atoms with E-state index in [1.54, 1.807) is 0 Å². The van der Waals surface area contributed by atoms with Crippen LogP contribution in [-0.4, -0.2) is 25.7 Å². The Labute approximate surface area is 114 Å². The van der Waals surface area contributed by atoms with E-state index >= 15 is 0 Å². The summed E-state index contributed by atoms with van der Waals surface area (Å²) in [4.78, 5) is 11.9. The predicted octanol–water partition coefficient (Wildman–Crippen LogP) is 2.13. The lowest BCUT2D eigenvalue weighted by molar-refractivity contribution is -0.150. The fraction of sp³-hybridized carbons (Fsp3) is 0.533. The molecule has 0 bridgehead atoms. The second-order valence-corrected chi connectivity index (χ2v) is 4.71. The van der Waals surface area contributed by atoms with Gasteiger partial charge in [-0.05, 0) is 50.6 Å². The number of benzene rings is 1. The van der Waals surface area contributed by atoms with Crippen LogP contribution in [0.5, 0.6) is 5.75 Å². The third-order valence-electron chi connectivity index (χ3n) is 3.26. The van der Waals surface area contributed by atoms with Gasteiger partial charge in [0.2, 0.25) is 0 Å². The molecule has 1 aromatic rings. The molecule has 1 aliphatic heterocycles. The van der Waals surface area contributed by atoms with Gasteiger partial charge in [-0.25, -0.2) is 0 Å². The van der Waals surface area contributed by atoms with Crippen LogP contribution in [0.3, 0.4) is 0 Å². The Hall–Kier alpha value is -1.55. The smallest absolute Gasteiger partial charge is 0.309 e. The van der Waals surface area contributed by atoms with E-state index in [0.29, 0.717) is 13.2 Å². The topological polar surface area (TPSA) is 47.6 Å². The lowest BCUT2D eigenvalue weighted by Crippen LogP contribution is -2.32. The molecular formula is C15H21NO3. The van der Waals surface area contributed by atoms with E-state index in [1.807, 2.05) is 31.2 Å². The summed E-state index contributed by atoms with van der Waals surface area (Å²) >= 11 is 0. The summed E-state index contributed by atoms with van der Waals surface area (Å²) in [6.45, 7) is 4.71. The van der Waals surface area contributed by atoms with E-state index in [-0.39, 0.29) is 11.9 Å². The first kappa shape index (κ1) is 13.9. The minimum absolute atomic E-state index is 0.0522. The quantitative estimate of drug-likeness (QED) is 0.827. The maximum Gasteiger partial charge on any atom is 0.309 e. The van der Waals surface area contributed by atoms with Crippen molar-refractivity contribution in [2.45, 2.75) is 26.4 Å². The van der Waals surface area contributed by atoms with Gasteiger partial charge in [-0.2, -0.15) is 0 Å². The van der Waals surface area contributed by atoms with Gasteiger partial charge in [0.05, 0.1) is 12.5 Å². The maximum atomic E-state index is 11.9. The van der Waals surface area contributed by atoms with E-state index < -0.39 is 0 Å². The van der Waals surface area contributed by atoms with Crippen molar-refractivity contribution < 1.29 is 14.3 Å². The number of carbonyl (C=O) groups excluding carboxylic acids is 1. The molecule has 0 aliphatic carbocycles. The zero-order chi connectivity index (χ0) is 13.5. The molecule has 1 fully saturated rings. The first-order valence-corrected chi connectivity index (χ1v) is 6.88. The van der Waals surface area contributed by atoms with Gasteiger partial charge >= 0.3 is 5.97 Å². The van der Waals surface area contributed by atoms with E-state index in [0.717, 1.165) is 37.2 Å². The van der Waals surface area contributed by atoms with Crippen molar-refractivity contribution in [3.8, 4) is 5.75 Å². The Morgan fingerprint density at radius 1 is 1.37 bits per heavy atom. The monoisotopic (exact) mass is 263 g/mol. The van der Waals surface area contributed by atoms with Gasteiger partial charge in [0.1, 0.15) is 12.4 Å². The standard InChI is InChI=1S/C15H21NO3/c1-2-18-14-5-3-4-12(10-14)11-19-15(17)13-6-8-16-9-7-13/h3-5,10,13,16H,2,6-9,11H2,1H3. The van der Waals surface area contributed by atoms with Crippen LogP contribution in [0.2, 0.25) is 0 Å². The van der Waals surface area contributed by atoms with Gasteiger partial charge in [-0.15, -0.1) is 0 Å². The molecule has 0 aromatic heterocycles. The first-order chi connectivity index (χ1) is 9.29. The van der Waals surface area contributed by atoms with Gasteiger partial charge in [0, 0.05) is 0 Å². The van der Waals surface area contributed by atoms with Crippen LogP contribution in [0, 0.1) is 5.92 Å². The number of rotatable bonds is 5. The number of ether oxygens (including phenoxy) is 2. The molecule has 1 aliphatic rings. The van der Waals surface area contributed by atoms with E-state index in [1.165, 1.54) is 0 Å². The highest BCUT2D eigenvalue weighted by molar-refractivity contribution is 5.72. The van der Waals surface area contributed by atoms with Crippen molar-refractivity contribution in [2.24, 2.45) is 5.92 Å². The van der Waals surface area contributed by atoms with E-state index in [2.05, 4.69) is 5.32 Å². The second-order valence-electron chi connectivity index (χ2n) is 4.71. The van der Waals surface area contributed by atoms with Gasteiger partial charge in [0.25, 0.3) is 0 Å². The van der Waals surface area contributed by atoms with E-state index in [9.17, 15) is 4.79 Å². The van der Waals surface area contributed by atoms with Crippen LogP contribution in [-0.2, 0) is 16.1 Å². The van der Waals surface area contributed by atoms with Crippen LogP contribution in [0.25, 0.3) is 0 Å². The number of hydrogen-bond donors (Lipinski definition) is 1. The molecule has 0 saturated carbocycles. The molecule has 1 saturated heterocycles. The van der Waals surface area contributed by atoms with Crippen molar-refractivity contribution in [3.63, 3.8) is 0 Å². The van der Waals surface area contributed by atoms with Crippen molar-refractivity contribution in [1.82, 2.24) is 5.32 Å². The van der Waals surface area contributed by atoms with Gasteiger partial charge in [0.15, 0.2) is 0 Å². The van der Waals surface area contributed by atoms with Crippen molar-refractivity contribution >= 4 is 5.97 Å². The molecule has 2 rings (SSSR count). The summed E-state index contributed by atoms with van der Waals surface area (Å²) in [7, 11) is 0. The molecule has 0 radical (unpaired) electrons. The SMILES string of the molecule is CCOc1cccc(COC(=O)C2CCNCC2)c1. The second kappa shape index (κ2) is 7.14. The Kier molecular flexibility index (Phi) is 5.21. The number of esters is 1. The van der Waals surface area contributed by atoms with Gasteiger partial charge < -0.3 is 14.8 Å². The number of carbonyl (C=O) groups is 1. The van der Waals surface area contributed by atoms with Crippen LogP contribution in [0.15, 0.2) is 24.3 Å². The minimum Gasteiger partial charge on any atom is -0.494 e. The van der Waals surface area contributed by atoms with Gasteiger partial charge in [-0.3, -0.25) is 4.79 Å². The molecular weight excluding hydrogens is 242 g/mol. The van der Waals surface area contributed by atoms with E-state index in [4.69, 9.17) is 9.47 Å². The fourth-order valence-electron chi connectivity index (χ4n) is 2.22. The summed E-state index contributed by atoms with van der Waals surface area (Å²) in [5.74, 6) is 0.789.